The van der Waals surface area contributed by atoms with E-state index in [1.54, 1.807) is 31.4 Å². The predicted molar refractivity (Wildman–Crippen MR) is 74.6 cm³/mol. The average molecular weight is 272 g/mol. The maximum Gasteiger partial charge on any atom is 0.337 e. The number of rotatable bonds is 6. The summed E-state index contributed by atoms with van der Waals surface area (Å²) >= 11 is 0. The summed E-state index contributed by atoms with van der Waals surface area (Å²) in [4.78, 5) is 11.3. The first kappa shape index (κ1) is 14.1. The van der Waals surface area contributed by atoms with E-state index in [1.165, 1.54) is 0 Å². The molecule has 20 heavy (non-hydrogen) atoms. The highest BCUT2D eigenvalue weighted by Crippen LogP contribution is 2.22. The monoisotopic (exact) mass is 272 g/mol. The normalized spacial score (nSPS) is 11.8. The molecule has 0 heterocycles. The number of hydrogen-bond donors (Lipinski definition) is 1. The number of carbonyl (C=O) groups is 1. The Morgan fingerprint density at radius 3 is 2.30 bits per heavy atom. The van der Waals surface area contributed by atoms with Gasteiger partial charge >= 0.3 is 5.97 Å². The van der Waals surface area contributed by atoms with Gasteiger partial charge in [-0.15, -0.1) is 0 Å². The van der Waals surface area contributed by atoms with E-state index < -0.39 is 12.1 Å². The Labute approximate surface area is 117 Å². The zero-order valence-electron chi connectivity index (χ0n) is 11.2. The van der Waals surface area contributed by atoms with Crippen LogP contribution >= 0.6 is 0 Å². The van der Waals surface area contributed by atoms with Gasteiger partial charge in [0.05, 0.1) is 13.7 Å². The molecule has 0 aromatic heterocycles. The molecule has 0 saturated heterocycles. The van der Waals surface area contributed by atoms with Gasteiger partial charge in [-0.2, -0.15) is 0 Å². The van der Waals surface area contributed by atoms with Crippen LogP contribution in [0.4, 0.5) is 0 Å². The Hall–Kier alpha value is -2.33. The van der Waals surface area contributed by atoms with Gasteiger partial charge in [-0.25, -0.2) is 4.79 Å². The van der Waals surface area contributed by atoms with Crippen LogP contribution in [0.2, 0.25) is 0 Å². The number of carboxylic acid groups (broad SMARTS) is 1. The highest BCUT2D eigenvalue weighted by molar-refractivity contribution is 5.74. The lowest BCUT2D eigenvalue weighted by molar-refractivity contribution is -0.151. The molecule has 0 radical (unpaired) electrons. The molecule has 2 aromatic rings. The lowest BCUT2D eigenvalue weighted by atomic mass is 10.1. The number of aliphatic carboxylic acids is 1. The molecular formula is C16H16O4. The first-order chi connectivity index (χ1) is 9.70. The van der Waals surface area contributed by atoms with E-state index >= 15 is 0 Å². The largest absolute Gasteiger partial charge is 0.497 e. The van der Waals surface area contributed by atoms with Crippen LogP contribution in [0.15, 0.2) is 54.6 Å². The van der Waals surface area contributed by atoms with Crippen LogP contribution in [-0.2, 0) is 16.1 Å². The maximum atomic E-state index is 11.3. The minimum atomic E-state index is -1.01. The van der Waals surface area contributed by atoms with E-state index in [0.29, 0.717) is 11.3 Å². The van der Waals surface area contributed by atoms with Crippen LogP contribution in [0, 0.1) is 0 Å². The molecule has 2 rings (SSSR count). The van der Waals surface area contributed by atoms with Crippen LogP contribution in [0.1, 0.15) is 17.2 Å². The number of ether oxygens (including phenoxy) is 2. The highest BCUT2D eigenvalue weighted by atomic mass is 16.5. The molecule has 0 fully saturated rings. The molecule has 1 atom stereocenters. The Bertz CT molecular complexity index is 548. The lowest BCUT2D eigenvalue weighted by Gasteiger charge is -2.14. The molecule has 104 valence electrons. The zero-order valence-corrected chi connectivity index (χ0v) is 11.2. The first-order valence-corrected chi connectivity index (χ1v) is 6.23. The van der Waals surface area contributed by atoms with E-state index in [2.05, 4.69) is 0 Å². The standard InChI is InChI=1S/C16H16O4/c1-19-14-9-7-13(8-10-14)15(16(17)18)20-11-12-5-3-2-4-6-12/h2-10,15H,11H2,1H3,(H,17,18). The molecule has 0 aliphatic rings. The van der Waals surface area contributed by atoms with Crippen LogP contribution in [0.5, 0.6) is 5.75 Å². The molecule has 0 spiro atoms. The van der Waals surface area contributed by atoms with Crippen molar-refractivity contribution in [2.75, 3.05) is 7.11 Å². The third-order valence-corrected chi connectivity index (χ3v) is 2.90. The molecule has 1 unspecified atom stereocenters. The van der Waals surface area contributed by atoms with Gasteiger partial charge in [0.25, 0.3) is 0 Å². The number of carboxylic acids is 1. The van der Waals surface area contributed by atoms with Crippen molar-refractivity contribution in [1.82, 2.24) is 0 Å². The molecular weight excluding hydrogens is 256 g/mol. The fourth-order valence-corrected chi connectivity index (χ4v) is 1.84. The van der Waals surface area contributed by atoms with E-state index in [1.807, 2.05) is 30.3 Å². The summed E-state index contributed by atoms with van der Waals surface area (Å²) < 4.78 is 10.6. The van der Waals surface area contributed by atoms with Crippen LogP contribution in [0.3, 0.4) is 0 Å². The molecule has 0 amide bonds. The number of methoxy groups -OCH3 is 1. The average Bonchev–Trinajstić information content (AvgIpc) is 2.49. The molecule has 0 aliphatic heterocycles. The fourth-order valence-electron chi connectivity index (χ4n) is 1.84. The van der Waals surface area contributed by atoms with Crippen molar-refractivity contribution >= 4 is 5.97 Å². The van der Waals surface area contributed by atoms with Gasteiger partial charge in [-0.1, -0.05) is 42.5 Å². The molecule has 0 saturated carbocycles. The summed E-state index contributed by atoms with van der Waals surface area (Å²) in [6.07, 6.45) is -0.985. The zero-order chi connectivity index (χ0) is 14.4. The molecule has 2 aromatic carbocycles. The third-order valence-electron chi connectivity index (χ3n) is 2.90. The van der Waals surface area contributed by atoms with Crippen LogP contribution in [-0.4, -0.2) is 18.2 Å². The SMILES string of the molecule is COc1ccc(C(OCc2ccccc2)C(=O)O)cc1. The Morgan fingerprint density at radius 1 is 1.10 bits per heavy atom. The Balaban J connectivity index is 2.08. The molecule has 4 nitrogen and oxygen atoms in total. The van der Waals surface area contributed by atoms with E-state index in [9.17, 15) is 9.90 Å². The Kier molecular flexibility index (Phi) is 4.74. The van der Waals surface area contributed by atoms with E-state index in [4.69, 9.17) is 9.47 Å². The van der Waals surface area contributed by atoms with E-state index in [-0.39, 0.29) is 6.61 Å². The topological polar surface area (TPSA) is 55.8 Å². The smallest absolute Gasteiger partial charge is 0.337 e. The van der Waals surface area contributed by atoms with Gasteiger partial charge in [0.15, 0.2) is 6.10 Å². The summed E-state index contributed by atoms with van der Waals surface area (Å²) in [5.41, 5.74) is 1.53. The molecule has 1 N–H and O–H groups in total. The Morgan fingerprint density at radius 2 is 1.75 bits per heavy atom. The first-order valence-electron chi connectivity index (χ1n) is 6.23. The third kappa shape index (κ3) is 3.59. The van der Waals surface area contributed by atoms with Gasteiger partial charge in [0.1, 0.15) is 5.75 Å². The highest BCUT2D eigenvalue weighted by Gasteiger charge is 2.20. The predicted octanol–water partition coefficient (Wildman–Crippen LogP) is 3.04. The van der Waals surface area contributed by atoms with Crippen LogP contribution < -0.4 is 4.74 Å². The van der Waals surface area contributed by atoms with Gasteiger partial charge in [-0.3, -0.25) is 0 Å². The number of hydrogen-bond acceptors (Lipinski definition) is 3. The molecule has 4 heteroatoms. The minimum Gasteiger partial charge on any atom is -0.497 e. The van der Waals surface area contributed by atoms with Crippen LogP contribution in [0.25, 0.3) is 0 Å². The summed E-state index contributed by atoms with van der Waals surface area (Å²) in [6.45, 7) is 0.254. The second-order valence-corrected chi connectivity index (χ2v) is 4.29. The number of benzene rings is 2. The van der Waals surface area contributed by atoms with Gasteiger partial charge < -0.3 is 14.6 Å². The van der Waals surface area contributed by atoms with Crippen molar-refractivity contribution in [1.29, 1.82) is 0 Å². The summed E-state index contributed by atoms with van der Waals surface area (Å²) in [5, 5.41) is 9.27. The second-order valence-electron chi connectivity index (χ2n) is 4.29. The summed E-state index contributed by atoms with van der Waals surface area (Å²) in [6, 6.07) is 16.3. The van der Waals surface area contributed by atoms with Gasteiger partial charge in [-0.05, 0) is 23.3 Å². The molecule has 0 bridgehead atoms. The van der Waals surface area contributed by atoms with Gasteiger partial charge in [0, 0.05) is 0 Å². The quantitative estimate of drug-likeness (QED) is 0.878. The minimum absolute atomic E-state index is 0.254. The van der Waals surface area contributed by atoms with Crippen molar-refractivity contribution in [3.63, 3.8) is 0 Å². The van der Waals surface area contributed by atoms with E-state index in [0.717, 1.165) is 5.56 Å². The van der Waals surface area contributed by atoms with Gasteiger partial charge in [0.2, 0.25) is 0 Å². The summed E-state index contributed by atoms with van der Waals surface area (Å²) in [7, 11) is 1.57. The molecule has 0 aliphatic carbocycles. The second kappa shape index (κ2) is 6.73. The van der Waals surface area contributed by atoms with Crippen molar-refractivity contribution in [3.8, 4) is 5.75 Å². The fraction of sp³-hybridized carbons (Fsp3) is 0.188. The van der Waals surface area contributed by atoms with Crippen molar-refractivity contribution in [2.24, 2.45) is 0 Å². The maximum absolute atomic E-state index is 11.3. The lowest BCUT2D eigenvalue weighted by Crippen LogP contribution is -2.15. The van der Waals surface area contributed by atoms with Crippen molar-refractivity contribution in [3.05, 3.63) is 65.7 Å². The van der Waals surface area contributed by atoms with Crippen molar-refractivity contribution < 1.29 is 19.4 Å². The summed E-state index contributed by atoms with van der Waals surface area (Å²) in [5.74, 6) is -0.327. The van der Waals surface area contributed by atoms with Crippen molar-refractivity contribution in [2.45, 2.75) is 12.7 Å².